The van der Waals surface area contributed by atoms with Crippen molar-refractivity contribution in [3.05, 3.63) is 0 Å². The van der Waals surface area contributed by atoms with E-state index in [1.54, 1.807) is 0 Å². The fraction of sp³-hybridized carbons (Fsp3) is 1.00. The Kier molecular flexibility index (Phi) is 5.07. The van der Waals surface area contributed by atoms with Gasteiger partial charge >= 0.3 is 0 Å². The minimum absolute atomic E-state index is 0.451. The summed E-state index contributed by atoms with van der Waals surface area (Å²) in [7, 11) is 2.06. The Hall–Kier alpha value is -0.0800. The molecule has 2 unspecified atom stereocenters. The molecule has 1 aliphatic heterocycles. The van der Waals surface area contributed by atoms with Crippen LogP contribution < -0.4 is 5.32 Å². The van der Waals surface area contributed by atoms with E-state index >= 15 is 0 Å². The van der Waals surface area contributed by atoms with Crippen LogP contribution in [0.3, 0.4) is 0 Å². The maximum atomic E-state index is 3.34. The molecule has 90 valence electrons. The molecule has 15 heavy (non-hydrogen) atoms. The van der Waals surface area contributed by atoms with E-state index in [-0.39, 0.29) is 0 Å². The van der Waals surface area contributed by atoms with Crippen LogP contribution in [0, 0.1) is 5.41 Å². The van der Waals surface area contributed by atoms with Gasteiger partial charge in [0.25, 0.3) is 0 Å². The van der Waals surface area contributed by atoms with Crippen molar-refractivity contribution in [3.63, 3.8) is 0 Å². The first-order chi connectivity index (χ1) is 7.15. The van der Waals surface area contributed by atoms with Crippen LogP contribution in [-0.4, -0.2) is 37.6 Å². The van der Waals surface area contributed by atoms with Gasteiger partial charge in [0.05, 0.1) is 0 Å². The summed E-state index contributed by atoms with van der Waals surface area (Å²) in [5, 5.41) is 3.34. The van der Waals surface area contributed by atoms with Crippen LogP contribution >= 0.6 is 0 Å². The van der Waals surface area contributed by atoms with Crippen LogP contribution in [0.1, 0.15) is 46.5 Å². The Morgan fingerprint density at radius 1 is 1.40 bits per heavy atom. The molecule has 0 aromatic carbocycles. The Bertz CT molecular complexity index is 181. The summed E-state index contributed by atoms with van der Waals surface area (Å²) in [4.78, 5) is 2.71. The van der Waals surface area contributed by atoms with E-state index in [0.29, 0.717) is 5.41 Å². The van der Waals surface area contributed by atoms with Crippen molar-refractivity contribution in [1.29, 1.82) is 0 Å². The van der Waals surface area contributed by atoms with Gasteiger partial charge in [0.1, 0.15) is 0 Å². The third-order valence-corrected chi connectivity index (χ3v) is 4.01. The second-order valence-electron chi connectivity index (χ2n) is 5.37. The SMILES string of the molecule is CCC1CCCN1CC(C)(CC)CNC. The Labute approximate surface area is 95.4 Å². The summed E-state index contributed by atoms with van der Waals surface area (Å²) < 4.78 is 0. The third-order valence-electron chi connectivity index (χ3n) is 4.01. The van der Waals surface area contributed by atoms with Gasteiger partial charge in [-0.25, -0.2) is 0 Å². The van der Waals surface area contributed by atoms with Crippen molar-refractivity contribution in [3.8, 4) is 0 Å². The fourth-order valence-corrected chi connectivity index (χ4v) is 2.78. The van der Waals surface area contributed by atoms with Crippen LogP contribution in [0.5, 0.6) is 0 Å². The molecular formula is C13H28N2. The lowest BCUT2D eigenvalue weighted by atomic mass is 9.86. The highest BCUT2D eigenvalue weighted by molar-refractivity contribution is 4.85. The molecule has 2 heteroatoms. The summed E-state index contributed by atoms with van der Waals surface area (Å²) in [6.45, 7) is 10.8. The summed E-state index contributed by atoms with van der Waals surface area (Å²) in [6, 6.07) is 0.854. The lowest BCUT2D eigenvalue weighted by Crippen LogP contribution is -2.43. The number of nitrogens with one attached hydrogen (secondary N) is 1. The average Bonchev–Trinajstić information content (AvgIpc) is 2.65. The minimum Gasteiger partial charge on any atom is -0.319 e. The van der Waals surface area contributed by atoms with Crippen molar-refractivity contribution < 1.29 is 0 Å². The van der Waals surface area contributed by atoms with Crippen molar-refractivity contribution in [2.45, 2.75) is 52.5 Å². The summed E-state index contributed by atoms with van der Waals surface area (Å²) in [5.74, 6) is 0. The zero-order chi connectivity index (χ0) is 11.3. The standard InChI is InChI=1S/C13H28N2/c1-5-12-8-7-9-15(12)11-13(3,6-2)10-14-4/h12,14H,5-11H2,1-4H3. The fourth-order valence-electron chi connectivity index (χ4n) is 2.78. The van der Waals surface area contributed by atoms with E-state index in [2.05, 4.69) is 38.0 Å². The maximum absolute atomic E-state index is 3.34. The molecule has 0 radical (unpaired) electrons. The number of hydrogen-bond acceptors (Lipinski definition) is 2. The molecule has 2 nitrogen and oxygen atoms in total. The van der Waals surface area contributed by atoms with Gasteiger partial charge in [0, 0.05) is 19.1 Å². The molecule has 0 spiro atoms. The predicted octanol–water partition coefficient (Wildman–Crippen LogP) is 2.50. The summed E-state index contributed by atoms with van der Waals surface area (Å²) in [5.41, 5.74) is 0.451. The molecule has 0 amide bonds. The van der Waals surface area contributed by atoms with Crippen molar-refractivity contribution in [1.82, 2.24) is 10.2 Å². The largest absolute Gasteiger partial charge is 0.319 e. The first-order valence-electron chi connectivity index (χ1n) is 6.54. The Morgan fingerprint density at radius 2 is 2.13 bits per heavy atom. The molecule has 1 rings (SSSR count). The van der Waals surface area contributed by atoms with E-state index < -0.39 is 0 Å². The minimum atomic E-state index is 0.451. The molecule has 1 heterocycles. The highest BCUT2D eigenvalue weighted by Crippen LogP contribution is 2.27. The number of hydrogen-bond donors (Lipinski definition) is 1. The number of rotatable bonds is 6. The zero-order valence-electron chi connectivity index (χ0n) is 11.0. The Morgan fingerprint density at radius 3 is 2.67 bits per heavy atom. The van der Waals surface area contributed by atoms with Crippen LogP contribution in [0.25, 0.3) is 0 Å². The van der Waals surface area contributed by atoms with E-state index in [1.807, 2.05) is 0 Å². The van der Waals surface area contributed by atoms with Crippen LogP contribution in [-0.2, 0) is 0 Å². The second-order valence-corrected chi connectivity index (χ2v) is 5.37. The monoisotopic (exact) mass is 212 g/mol. The van der Waals surface area contributed by atoms with Gasteiger partial charge in [-0.1, -0.05) is 20.8 Å². The van der Waals surface area contributed by atoms with Crippen LogP contribution in [0.4, 0.5) is 0 Å². The average molecular weight is 212 g/mol. The van der Waals surface area contributed by atoms with E-state index in [0.717, 1.165) is 12.6 Å². The first-order valence-corrected chi connectivity index (χ1v) is 6.54. The first kappa shape index (κ1) is 13.0. The molecule has 1 saturated heterocycles. The molecule has 2 atom stereocenters. The number of likely N-dealkylation sites (tertiary alicyclic amines) is 1. The molecule has 0 aromatic heterocycles. The van der Waals surface area contributed by atoms with Gasteiger partial charge in [-0.2, -0.15) is 0 Å². The molecule has 0 saturated carbocycles. The molecule has 0 aromatic rings. The lowest BCUT2D eigenvalue weighted by Gasteiger charge is -2.35. The van der Waals surface area contributed by atoms with Gasteiger partial charge in [-0.05, 0) is 44.7 Å². The van der Waals surface area contributed by atoms with Crippen molar-refractivity contribution in [2.24, 2.45) is 5.41 Å². The Balaban J connectivity index is 2.50. The highest BCUT2D eigenvalue weighted by Gasteiger charge is 2.30. The van der Waals surface area contributed by atoms with E-state index in [4.69, 9.17) is 0 Å². The quantitative estimate of drug-likeness (QED) is 0.728. The summed E-state index contributed by atoms with van der Waals surface area (Å²) in [6.07, 6.45) is 5.40. The molecule has 1 aliphatic rings. The van der Waals surface area contributed by atoms with Crippen molar-refractivity contribution in [2.75, 3.05) is 26.7 Å². The van der Waals surface area contributed by atoms with Gasteiger partial charge in [-0.3, -0.25) is 4.90 Å². The molecule has 1 N–H and O–H groups in total. The van der Waals surface area contributed by atoms with Crippen molar-refractivity contribution >= 4 is 0 Å². The van der Waals surface area contributed by atoms with Crippen LogP contribution in [0.15, 0.2) is 0 Å². The van der Waals surface area contributed by atoms with Crippen LogP contribution in [0.2, 0.25) is 0 Å². The predicted molar refractivity (Wildman–Crippen MR) is 67.2 cm³/mol. The zero-order valence-corrected chi connectivity index (χ0v) is 11.0. The summed E-state index contributed by atoms with van der Waals surface area (Å²) >= 11 is 0. The van der Waals surface area contributed by atoms with Gasteiger partial charge in [0.15, 0.2) is 0 Å². The van der Waals surface area contributed by atoms with Gasteiger partial charge in [0.2, 0.25) is 0 Å². The molecule has 0 aliphatic carbocycles. The molecular weight excluding hydrogens is 184 g/mol. The number of nitrogens with zero attached hydrogens (tertiary/aromatic N) is 1. The molecule has 1 fully saturated rings. The van der Waals surface area contributed by atoms with E-state index in [9.17, 15) is 0 Å². The highest BCUT2D eigenvalue weighted by atomic mass is 15.2. The smallest absolute Gasteiger partial charge is 0.00933 e. The third kappa shape index (κ3) is 3.46. The maximum Gasteiger partial charge on any atom is 0.00933 e. The van der Waals surface area contributed by atoms with E-state index in [1.165, 1.54) is 38.8 Å². The second kappa shape index (κ2) is 5.86. The normalized spacial score (nSPS) is 26.8. The lowest BCUT2D eigenvalue weighted by molar-refractivity contribution is 0.144. The van der Waals surface area contributed by atoms with Gasteiger partial charge < -0.3 is 5.32 Å². The van der Waals surface area contributed by atoms with Gasteiger partial charge in [-0.15, -0.1) is 0 Å². The molecule has 0 bridgehead atoms. The topological polar surface area (TPSA) is 15.3 Å².